The van der Waals surface area contributed by atoms with E-state index in [1.54, 1.807) is 6.08 Å². The highest BCUT2D eigenvalue weighted by molar-refractivity contribution is 6.68. The molecule has 0 amide bonds. The maximum Gasteiger partial charge on any atom is 0.252 e. The van der Waals surface area contributed by atoms with E-state index < -0.39 is 5.24 Å². The van der Waals surface area contributed by atoms with Crippen LogP contribution in [0.2, 0.25) is 0 Å². The zero-order valence-electron chi connectivity index (χ0n) is 7.53. The van der Waals surface area contributed by atoms with Gasteiger partial charge in [0.1, 0.15) is 0 Å². The molecule has 0 saturated carbocycles. The fraction of sp³-hybridized carbons (Fsp3) is 0.0833. The smallest absolute Gasteiger partial charge is 0.252 e. The molecule has 2 aliphatic rings. The van der Waals surface area contributed by atoms with Crippen LogP contribution in [-0.4, -0.2) is 5.24 Å². The Bertz CT molecular complexity index is 420. The summed E-state index contributed by atoms with van der Waals surface area (Å²) in [6.07, 6.45) is 14.3. The average molecular weight is 205 g/mol. The van der Waals surface area contributed by atoms with Crippen LogP contribution in [0, 0.1) is 0 Å². The van der Waals surface area contributed by atoms with E-state index in [-0.39, 0.29) is 0 Å². The van der Waals surface area contributed by atoms with Gasteiger partial charge in [-0.3, -0.25) is 4.79 Å². The number of fused-ring (bicyclic) bond motifs is 2. The van der Waals surface area contributed by atoms with Crippen molar-refractivity contribution >= 4 is 16.8 Å². The van der Waals surface area contributed by atoms with Crippen molar-refractivity contribution in [2.24, 2.45) is 0 Å². The van der Waals surface area contributed by atoms with Crippen molar-refractivity contribution in [2.45, 2.75) is 6.42 Å². The SMILES string of the molecule is O=C(Cl)C1=CC=CC2=CC=CC=C1C2. The largest absolute Gasteiger partial charge is 0.276 e. The number of halogens is 1. The Kier molecular flexibility index (Phi) is 2.51. The summed E-state index contributed by atoms with van der Waals surface area (Å²) in [7, 11) is 0. The molecule has 0 heterocycles. The Morgan fingerprint density at radius 2 is 1.93 bits per heavy atom. The van der Waals surface area contributed by atoms with E-state index in [4.69, 9.17) is 11.6 Å². The fourth-order valence-corrected chi connectivity index (χ4v) is 1.74. The summed E-state index contributed by atoms with van der Waals surface area (Å²) in [4.78, 5) is 11.1. The van der Waals surface area contributed by atoms with Crippen LogP contribution in [-0.2, 0) is 4.79 Å². The summed E-state index contributed by atoms with van der Waals surface area (Å²) in [5.74, 6) is 0. The van der Waals surface area contributed by atoms with Gasteiger partial charge in [0, 0.05) is 5.57 Å². The fourth-order valence-electron chi connectivity index (χ4n) is 1.55. The molecule has 0 fully saturated rings. The second-order valence-corrected chi connectivity index (χ2v) is 3.55. The second-order valence-electron chi connectivity index (χ2n) is 3.21. The molecule has 0 atom stereocenters. The lowest BCUT2D eigenvalue weighted by Crippen LogP contribution is -1.97. The molecular weight excluding hydrogens is 196 g/mol. The molecule has 0 N–H and O–H groups in total. The van der Waals surface area contributed by atoms with E-state index in [0.717, 1.165) is 12.0 Å². The molecular formula is C12H9ClO. The first kappa shape index (κ1) is 9.22. The van der Waals surface area contributed by atoms with Gasteiger partial charge in [-0.1, -0.05) is 36.5 Å². The lowest BCUT2D eigenvalue weighted by molar-refractivity contribution is -0.108. The molecule has 0 aromatic rings. The Morgan fingerprint density at radius 3 is 2.71 bits per heavy atom. The van der Waals surface area contributed by atoms with Crippen molar-refractivity contribution in [1.29, 1.82) is 0 Å². The molecule has 0 spiro atoms. The zero-order chi connectivity index (χ0) is 9.97. The molecule has 0 saturated heterocycles. The molecule has 0 aliphatic heterocycles. The van der Waals surface area contributed by atoms with Gasteiger partial charge < -0.3 is 0 Å². The van der Waals surface area contributed by atoms with E-state index in [9.17, 15) is 4.79 Å². The Balaban J connectivity index is 2.48. The van der Waals surface area contributed by atoms with Gasteiger partial charge in [-0.15, -0.1) is 0 Å². The Hall–Kier alpha value is -1.34. The maximum absolute atomic E-state index is 11.1. The van der Waals surface area contributed by atoms with Crippen LogP contribution in [0.3, 0.4) is 0 Å². The molecule has 0 unspecified atom stereocenters. The molecule has 2 bridgehead atoms. The zero-order valence-corrected chi connectivity index (χ0v) is 8.29. The number of hydrogen-bond acceptors (Lipinski definition) is 1. The van der Waals surface area contributed by atoms with Gasteiger partial charge in [0.15, 0.2) is 0 Å². The molecule has 2 rings (SSSR count). The van der Waals surface area contributed by atoms with Crippen molar-refractivity contribution in [3.8, 4) is 0 Å². The molecule has 0 aromatic carbocycles. The molecule has 0 radical (unpaired) electrons. The van der Waals surface area contributed by atoms with E-state index in [1.807, 2.05) is 36.5 Å². The maximum atomic E-state index is 11.1. The van der Waals surface area contributed by atoms with Gasteiger partial charge in [0.2, 0.25) is 0 Å². The number of rotatable bonds is 1. The van der Waals surface area contributed by atoms with E-state index in [2.05, 4.69) is 0 Å². The predicted molar refractivity (Wildman–Crippen MR) is 58.0 cm³/mol. The van der Waals surface area contributed by atoms with Crippen LogP contribution < -0.4 is 0 Å². The van der Waals surface area contributed by atoms with Crippen LogP contribution >= 0.6 is 11.6 Å². The van der Waals surface area contributed by atoms with Gasteiger partial charge in [-0.2, -0.15) is 0 Å². The van der Waals surface area contributed by atoms with Gasteiger partial charge in [-0.25, -0.2) is 0 Å². The van der Waals surface area contributed by atoms with Crippen LogP contribution in [0.25, 0.3) is 0 Å². The first-order chi connectivity index (χ1) is 6.77. The Labute approximate surface area is 87.8 Å². The van der Waals surface area contributed by atoms with Crippen molar-refractivity contribution < 1.29 is 4.79 Å². The molecule has 2 heteroatoms. The van der Waals surface area contributed by atoms with Gasteiger partial charge in [0.25, 0.3) is 5.24 Å². The molecule has 14 heavy (non-hydrogen) atoms. The van der Waals surface area contributed by atoms with Crippen LogP contribution in [0.15, 0.2) is 59.3 Å². The highest BCUT2D eigenvalue weighted by Crippen LogP contribution is 2.26. The third kappa shape index (κ3) is 1.78. The normalized spacial score (nSPS) is 19.1. The van der Waals surface area contributed by atoms with E-state index in [0.29, 0.717) is 5.57 Å². The molecule has 2 aliphatic carbocycles. The second kappa shape index (κ2) is 3.81. The summed E-state index contributed by atoms with van der Waals surface area (Å²) in [5, 5.41) is -0.391. The molecule has 70 valence electrons. The summed E-state index contributed by atoms with van der Waals surface area (Å²) in [5.41, 5.74) is 2.77. The van der Waals surface area contributed by atoms with Crippen LogP contribution in [0.4, 0.5) is 0 Å². The van der Waals surface area contributed by atoms with Crippen molar-refractivity contribution in [2.75, 3.05) is 0 Å². The minimum atomic E-state index is -0.391. The standard InChI is InChI=1S/C12H9ClO/c13-12(14)11-7-3-5-9-4-1-2-6-10(11)8-9/h1-7H,8H2. The van der Waals surface area contributed by atoms with E-state index in [1.165, 1.54) is 5.57 Å². The monoisotopic (exact) mass is 204 g/mol. The molecule has 1 nitrogen and oxygen atoms in total. The summed E-state index contributed by atoms with van der Waals surface area (Å²) < 4.78 is 0. The number of allylic oxidation sites excluding steroid dienone is 10. The van der Waals surface area contributed by atoms with Crippen molar-refractivity contribution in [3.63, 3.8) is 0 Å². The number of carbonyl (C=O) groups is 1. The third-order valence-electron chi connectivity index (χ3n) is 2.24. The quantitative estimate of drug-likeness (QED) is 0.600. The highest BCUT2D eigenvalue weighted by atomic mass is 35.5. The lowest BCUT2D eigenvalue weighted by Gasteiger charge is -2.04. The topological polar surface area (TPSA) is 17.1 Å². The highest BCUT2D eigenvalue weighted by Gasteiger charge is 2.14. The summed E-state index contributed by atoms with van der Waals surface area (Å²) in [6.45, 7) is 0. The Morgan fingerprint density at radius 1 is 1.14 bits per heavy atom. The van der Waals surface area contributed by atoms with E-state index >= 15 is 0 Å². The number of hydrogen-bond donors (Lipinski definition) is 0. The van der Waals surface area contributed by atoms with Gasteiger partial charge >= 0.3 is 0 Å². The summed E-state index contributed by atoms with van der Waals surface area (Å²) in [6, 6.07) is 0. The van der Waals surface area contributed by atoms with Crippen LogP contribution in [0.5, 0.6) is 0 Å². The van der Waals surface area contributed by atoms with Gasteiger partial charge in [0.05, 0.1) is 0 Å². The average Bonchev–Trinajstić information content (AvgIpc) is 2.48. The van der Waals surface area contributed by atoms with Crippen LogP contribution in [0.1, 0.15) is 6.42 Å². The van der Waals surface area contributed by atoms with Crippen molar-refractivity contribution in [3.05, 3.63) is 59.3 Å². The third-order valence-corrected chi connectivity index (χ3v) is 2.45. The van der Waals surface area contributed by atoms with Gasteiger partial charge in [-0.05, 0) is 35.2 Å². The minimum Gasteiger partial charge on any atom is -0.276 e. The minimum absolute atomic E-state index is 0.391. The first-order valence-electron chi connectivity index (χ1n) is 4.42. The predicted octanol–water partition coefficient (Wildman–Crippen LogP) is 3.06. The number of carbonyl (C=O) groups excluding carboxylic acids is 1. The lowest BCUT2D eigenvalue weighted by atomic mass is 10.0. The summed E-state index contributed by atoms with van der Waals surface area (Å²) >= 11 is 5.50. The first-order valence-corrected chi connectivity index (χ1v) is 4.80. The van der Waals surface area contributed by atoms with Crippen molar-refractivity contribution in [1.82, 2.24) is 0 Å². The molecule has 0 aromatic heterocycles.